The quantitative estimate of drug-likeness (QED) is 0.194. The Kier molecular flexibility index (Phi) is 10.4. The van der Waals surface area contributed by atoms with Gasteiger partial charge in [-0.2, -0.15) is 0 Å². The van der Waals surface area contributed by atoms with Crippen LogP contribution in [0.25, 0.3) is 27.6 Å². The van der Waals surface area contributed by atoms with Crippen LogP contribution in [0.2, 0.25) is 0 Å². The summed E-state index contributed by atoms with van der Waals surface area (Å²) in [6, 6.07) is 44.1. The van der Waals surface area contributed by atoms with Gasteiger partial charge >= 0.3 is 0 Å². The summed E-state index contributed by atoms with van der Waals surface area (Å²) in [7, 11) is 1.95. The number of nitrogens with zero attached hydrogens (tertiary/aromatic N) is 3. The van der Waals surface area contributed by atoms with E-state index in [-0.39, 0.29) is 23.7 Å². The second-order valence-corrected chi connectivity index (χ2v) is 12.8. The summed E-state index contributed by atoms with van der Waals surface area (Å²) >= 11 is 0. The minimum absolute atomic E-state index is 0.0234. The highest BCUT2D eigenvalue weighted by molar-refractivity contribution is 5.97. The molecule has 1 aromatic heterocycles. The summed E-state index contributed by atoms with van der Waals surface area (Å²) in [5, 5.41) is 2.58. The minimum atomic E-state index is 0.0234. The van der Waals surface area contributed by atoms with Crippen molar-refractivity contribution in [3.8, 4) is 16.8 Å². The van der Waals surface area contributed by atoms with Crippen molar-refractivity contribution in [2.24, 2.45) is 12.8 Å². The first-order valence-corrected chi connectivity index (χ1v) is 16.9. The predicted molar refractivity (Wildman–Crippen MR) is 197 cm³/mol. The van der Waals surface area contributed by atoms with Crippen molar-refractivity contribution in [1.82, 2.24) is 14.3 Å². The van der Waals surface area contributed by atoms with Gasteiger partial charge in [0.2, 0.25) is 0 Å². The van der Waals surface area contributed by atoms with Crippen LogP contribution in [0.15, 0.2) is 132 Å². The van der Waals surface area contributed by atoms with Crippen molar-refractivity contribution in [2.45, 2.75) is 51.9 Å². The van der Waals surface area contributed by atoms with Crippen molar-refractivity contribution < 1.29 is 4.74 Å². The van der Waals surface area contributed by atoms with E-state index >= 15 is 0 Å². The third-order valence-electron chi connectivity index (χ3n) is 9.49. The van der Waals surface area contributed by atoms with Gasteiger partial charge in [-0.15, -0.1) is 0 Å². The maximum Gasteiger partial charge on any atom is 0.276 e. The molecule has 2 heterocycles. The first-order valence-electron chi connectivity index (χ1n) is 16.9. The second-order valence-electron chi connectivity index (χ2n) is 12.8. The molecular weight excluding hydrogens is 592 g/mol. The van der Waals surface area contributed by atoms with Crippen LogP contribution < -0.4 is 11.3 Å². The van der Waals surface area contributed by atoms with Gasteiger partial charge in [0.15, 0.2) is 0 Å². The zero-order valence-electron chi connectivity index (χ0n) is 28.4. The number of ether oxygens (including phenoxy) is 1. The molecule has 0 bridgehead atoms. The molecule has 0 radical (unpaired) electrons. The molecule has 3 unspecified atom stereocenters. The fourth-order valence-corrected chi connectivity index (χ4v) is 6.85. The van der Waals surface area contributed by atoms with Crippen molar-refractivity contribution in [2.75, 3.05) is 13.2 Å². The molecule has 1 saturated heterocycles. The highest BCUT2D eigenvalue weighted by atomic mass is 16.5. The van der Waals surface area contributed by atoms with Crippen molar-refractivity contribution >= 4 is 10.8 Å². The highest BCUT2D eigenvalue weighted by Crippen LogP contribution is 2.32. The predicted octanol–water partition coefficient (Wildman–Crippen LogP) is 7.84. The molecule has 0 amide bonds. The van der Waals surface area contributed by atoms with E-state index < -0.39 is 0 Å². The zero-order chi connectivity index (χ0) is 33.6. The Balaban J connectivity index is 0.000000177. The summed E-state index contributed by atoms with van der Waals surface area (Å²) < 4.78 is 9.78. The number of benzene rings is 5. The van der Waals surface area contributed by atoms with Gasteiger partial charge in [-0.3, -0.25) is 14.4 Å². The van der Waals surface area contributed by atoms with E-state index in [2.05, 4.69) is 97.6 Å². The van der Waals surface area contributed by atoms with Crippen LogP contribution in [-0.2, 0) is 24.8 Å². The second kappa shape index (κ2) is 15.0. The Hall–Kier alpha value is -4.75. The molecule has 6 aromatic rings. The third kappa shape index (κ3) is 7.07. The SMILES string of the molecule is CC(N)Cc1ccccc1-c1cccc2ccccc12.Cc1c(CN2CCOC(c3ccccc3)C2C)c(=O)n(-c2ccccc2)n1C. The molecule has 48 heavy (non-hydrogen) atoms. The molecule has 0 spiro atoms. The van der Waals surface area contributed by atoms with E-state index in [9.17, 15) is 4.79 Å². The number of rotatable bonds is 7. The van der Waals surface area contributed by atoms with E-state index in [1.54, 1.807) is 4.68 Å². The van der Waals surface area contributed by atoms with Crippen LogP contribution in [0, 0.1) is 6.92 Å². The van der Waals surface area contributed by atoms with Crippen LogP contribution in [0.5, 0.6) is 0 Å². The number of aromatic nitrogens is 2. The van der Waals surface area contributed by atoms with Gasteiger partial charge in [0, 0.05) is 37.9 Å². The largest absolute Gasteiger partial charge is 0.371 e. The molecule has 2 N–H and O–H groups in total. The molecule has 0 aliphatic carbocycles. The van der Waals surface area contributed by atoms with Crippen LogP contribution in [0.4, 0.5) is 0 Å². The lowest BCUT2D eigenvalue weighted by atomic mass is 9.92. The molecule has 1 aliphatic heterocycles. The Morgan fingerprint density at radius 1 is 0.812 bits per heavy atom. The summed E-state index contributed by atoms with van der Waals surface area (Å²) in [6.07, 6.45) is 0.926. The summed E-state index contributed by atoms with van der Waals surface area (Å²) in [5.41, 5.74) is 13.9. The average molecular weight is 639 g/mol. The van der Waals surface area contributed by atoms with E-state index in [1.807, 2.05) is 67.2 Å². The molecule has 6 nitrogen and oxygen atoms in total. The van der Waals surface area contributed by atoms with Crippen molar-refractivity contribution in [1.29, 1.82) is 0 Å². The Morgan fingerprint density at radius 3 is 2.19 bits per heavy atom. The van der Waals surface area contributed by atoms with Gasteiger partial charge < -0.3 is 10.5 Å². The average Bonchev–Trinajstić information content (AvgIpc) is 3.32. The van der Waals surface area contributed by atoms with Gasteiger partial charge in [-0.25, -0.2) is 4.68 Å². The van der Waals surface area contributed by atoms with Gasteiger partial charge in [0.1, 0.15) is 0 Å². The molecule has 5 aromatic carbocycles. The molecule has 6 heteroatoms. The van der Waals surface area contributed by atoms with Crippen LogP contribution >= 0.6 is 0 Å². The number of para-hydroxylation sites is 1. The van der Waals surface area contributed by atoms with Crippen molar-refractivity contribution in [3.05, 3.63) is 160 Å². The molecular formula is C42H46N4O2. The van der Waals surface area contributed by atoms with Gasteiger partial charge in [-0.1, -0.05) is 115 Å². The first kappa shape index (κ1) is 33.2. The van der Waals surface area contributed by atoms with Crippen molar-refractivity contribution in [3.63, 3.8) is 0 Å². The highest BCUT2D eigenvalue weighted by Gasteiger charge is 2.31. The minimum Gasteiger partial charge on any atom is -0.371 e. The molecule has 7 rings (SSSR count). The summed E-state index contributed by atoms with van der Waals surface area (Å²) in [4.78, 5) is 15.6. The maximum absolute atomic E-state index is 13.2. The molecule has 0 saturated carbocycles. The van der Waals surface area contributed by atoms with Crippen LogP contribution in [0.3, 0.4) is 0 Å². The van der Waals surface area contributed by atoms with Gasteiger partial charge in [0.05, 0.1) is 24.0 Å². The number of hydrogen-bond donors (Lipinski definition) is 1. The summed E-state index contributed by atoms with van der Waals surface area (Å²) in [6.45, 7) is 8.39. The fraction of sp³-hybridized carbons (Fsp3) is 0.262. The molecule has 246 valence electrons. The summed E-state index contributed by atoms with van der Waals surface area (Å²) in [5.74, 6) is 0. The van der Waals surface area contributed by atoms with Gasteiger partial charge in [0.25, 0.3) is 5.56 Å². The topological polar surface area (TPSA) is 65.4 Å². The first-order chi connectivity index (χ1) is 23.3. The number of fused-ring (bicyclic) bond motifs is 1. The third-order valence-corrected chi connectivity index (χ3v) is 9.49. The Labute approximate surface area is 284 Å². The van der Waals surface area contributed by atoms with Gasteiger partial charge in [-0.05, 0) is 72.4 Å². The maximum atomic E-state index is 13.2. The number of morpholine rings is 1. The standard InChI is InChI=1S/C23H27N3O2.C19H19N/c1-17-21(23(27)26(24(17)3)20-12-8-5-9-13-20)16-25-14-15-28-22(18(25)2)19-10-6-4-7-11-19;1-14(20)13-16-8-3-5-11-18(16)19-12-6-9-15-7-2-4-10-17(15)19/h4-13,18,22H,14-16H2,1-3H3;2-12,14H,13,20H2,1H3. The molecule has 3 atom stereocenters. The van der Waals surface area contributed by atoms with E-state index in [0.717, 1.165) is 29.9 Å². The van der Waals surface area contributed by atoms with E-state index in [1.165, 1.54) is 33.0 Å². The molecule has 1 aliphatic rings. The number of nitrogens with two attached hydrogens (primary N) is 1. The van der Waals surface area contributed by atoms with E-state index in [4.69, 9.17) is 10.5 Å². The molecule has 1 fully saturated rings. The lowest BCUT2D eigenvalue weighted by Gasteiger charge is -2.39. The normalized spacial score (nSPS) is 17.1. The zero-order valence-corrected chi connectivity index (χ0v) is 28.4. The van der Waals surface area contributed by atoms with E-state index in [0.29, 0.717) is 13.2 Å². The smallest absolute Gasteiger partial charge is 0.276 e. The number of hydrogen-bond acceptors (Lipinski definition) is 4. The Morgan fingerprint density at radius 2 is 1.44 bits per heavy atom. The monoisotopic (exact) mass is 638 g/mol. The lowest BCUT2D eigenvalue weighted by Crippen LogP contribution is -2.45. The fourth-order valence-electron chi connectivity index (χ4n) is 6.85. The Bertz CT molecular complexity index is 2010. The lowest BCUT2D eigenvalue weighted by molar-refractivity contribution is -0.0704. The van der Waals surface area contributed by atoms with Crippen LogP contribution in [0.1, 0.15) is 42.3 Å². The van der Waals surface area contributed by atoms with Crippen LogP contribution in [-0.4, -0.2) is 39.5 Å².